The van der Waals surface area contributed by atoms with Crippen molar-refractivity contribution in [1.82, 2.24) is 0 Å². The molecule has 148 valence electrons. The quantitative estimate of drug-likeness (QED) is 0.204. The van der Waals surface area contributed by atoms with Crippen LogP contribution in [0.1, 0.15) is 0 Å². The molecule has 3 aromatic rings. The first kappa shape index (κ1) is 23.2. The van der Waals surface area contributed by atoms with Gasteiger partial charge in [0, 0.05) is 5.39 Å². The Kier molecular flexibility index (Phi) is 6.69. The third-order valence-corrected chi connectivity index (χ3v) is 5.54. The molecule has 0 amide bonds. The molecular formula is C16H14N3NaO7S2. The van der Waals surface area contributed by atoms with Gasteiger partial charge in [-0.25, -0.2) is 0 Å². The van der Waals surface area contributed by atoms with E-state index in [2.05, 4.69) is 10.2 Å². The molecule has 5 N–H and O–H groups in total. The van der Waals surface area contributed by atoms with Crippen LogP contribution < -0.4 is 5.73 Å². The Balaban J connectivity index is 0.00000300. The van der Waals surface area contributed by atoms with Crippen LogP contribution in [0.2, 0.25) is 0 Å². The van der Waals surface area contributed by atoms with E-state index in [-0.39, 0.29) is 46.0 Å². The van der Waals surface area contributed by atoms with Crippen LogP contribution in [0.5, 0.6) is 5.75 Å². The summed E-state index contributed by atoms with van der Waals surface area (Å²) in [5.74, 6) is -0.696. The number of nitrogens with zero attached hydrogens (tertiary/aromatic N) is 2. The third kappa shape index (κ3) is 4.93. The van der Waals surface area contributed by atoms with Crippen LogP contribution in [-0.4, -0.2) is 60.6 Å². The number of hydrogen-bond donors (Lipinski definition) is 4. The number of nitrogen functional groups attached to an aromatic ring is 1. The molecule has 29 heavy (non-hydrogen) atoms. The van der Waals surface area contributed by atoms with E-state index in [1.165, 1.54) is 0 Å². The summed E-state index contributed by atoms with van der Waals surface area (Å²) >= 11 is 0. The first-order chi connectivity index (χ1) is 13.0. The monoisotopic (exact) mass is 447 g/mol. The van der Waals surface area contributed by atoms with E-state index in [1.54, 1.807) is 30.3 Å². The van der Waals surface area contributed by atoms with Crippen LogP contribution in [-0.2, 0) is 20.2 Å². The summed E-state index contributed by atoms with van der Waals surface area (Å²) in [6.07, 6.45) is 0. The molecule has 10 nitrogen and oxygen atoms in total. The van der Waals surface area contributed by atoms with Gasteiger partial charge in [-0.2, -0.15) is 21.9 Å². The summed E-state index contributed by atoms with van der Waals surface area (Å²) in [6, 6.07) is 11.0. The van der Waals surface area contributed by atoms with Gasteiger partial charge in [-0.05, 0) is 35.7 Å². The van der Waals surface area contributed by atoms with Crippen molar-refractivity contribution < 1.29 is 31.0 Å². The Morgan fingerprint density at radius 1 is 0.828 bits per heavy atom. The van der Waals surface area contributed by atoms with Gasteiger partial charge in [-0.15, -0.1) is 5.11 Å². The molecule has 0 spiro atoms. The van der Waals surface area contributed by atoms with Gasteiger partial charge in [0.2, 0.25) is 0 Å². The summed E-state index contributed by atoms with van der Waals surface area (Å²) in [6.45, 7) is 0. The van der Waals surface area contributed by atoms with Crippen LogP contribution >= 0.6 is 0 Å². The first-order valence-corrected chi connectivity index (χ1v) is 10.4. The molecule has 0 unspecified atom stereocenters. The number of phenols is 1. The van der Waals surface area contributed by atoms with Crippen molar-refractivity contribution in [2.45, 2.75) is 9.79 Å². The first-order valence-electron chi connectivity index (χ1n) is 7.49. The van der Waals surface area contributed by atoms with E-state index in [9.17, 15) is 31.0 Å². The second kappa shape index (κ2) is 8.36. The number of rotatable bonds is 4. The summed E-state index contributed by atoms with van der Waals surface area (Å²) in [5.41, 5.74) is 5.02. The van der Waals surface area contributed by atoms with Gasteiger partial charge in [-0.3, -0.25) is 9.11 Å². The van der Waals surface area contributed by atoms with Crippen LogP contribution in [0.3, 0.4) is 0 Å². The molecule has 0 atom stereocenters. The Morgan fingerprint density at radius 2 is 1.38 bits per heavy atom. The Bertz CT molecular complexity index is 1330. The van der Waals surface area contributed by atoms with E-state index < -0.39 is 41.5 Å². The molecule has 0 saturated carbocycles. The fourth-order valence-electron chi connectivity index (χ4n) is 2.51. The fraction of sp³-hybridized carbons (Fsp3) is 0. The van der Waals surface area contributed by atoms with Crippen LogP contribution in [0.15, 0.2) is 68.6 Å². The molecular weight excluding hydrogens is 433 g/mol. The van der Waals surface area contributed by atoms with E-state index in [0.717, 1.165) is 18.2 Å². The normalized spacial score (nSPS) is 12.2. The average molecular weight is 447 g/mol. The van der Waals surface area contributed by atoms with Crippen molar-refractivity contribution in [3.05, 3.63) is 48.5 Å². The predicted octanol–water partition coefficient (Wildman–Crippen LogP) is 2.39. The van der Waals surface area contributed by atoms with Gasteiger partial charge < -0.3 is 10.8 Å². The molecule has 13 heteroatoms. The van der Waals surface area contributed by atoms with Gasteiger partial charge in [0.25, 0.3) is 20.2 Å². The zero-order chi connectivity index (χ0) is 20.7. The van der Waals surface area contributed by atoms with Gasteiger partial charge in [0.05, 0.1) is 11.4 Å². The van der Waals surface area contributed by atoms with Crippen molar-refractivity contribution in [1.29, 1.82) is 0 Å². The molecule has 0 fully saturated rings. The number of aromatic hydroxyl groups is 1. The molecule has 0 aliphatic carbocycles. The number of azo groups is 1. The summed E-state index contributed by atoms with van der Waals surface area (Å²) in [4.78, 5) is -1.48. The van der Waals surface area contributed by atoms with Gasteiger partial charge in [0.15, 0.2) is 5.75 Å². The van der Waals surface area contributed by atoms with Gasteiger partial charge in [0.1, 0.15) is 15.5 Å². The number of fused-ring (bicyclic) bond motifs is 1. The third-order valence-electron chi connectivity index (χ3n) is 3.76. The molecule has 0 radical (unpaired) electrons. The van der Waals surface area contributed by atoms with E-state index in [1.807, 2.05) is 0 Å². The van der Waals surface area contributed by atoms with Crippen molar-refractivity contribution in [2.24, 2.45) is 10.2 Å². The van der Waals surface area contributed by atoms with Crippen LogP contribution in [0, 0.1) is 0 Å². The minimum absolute atomic E-state index is 0. The summed E-state index contributed by atoms with van der Waals surface area (Å²) < 4.78 is 65.0. The van der Waals surface area contributed by atoms with E-state index in [0.29, 0.717) is 5.69 Å². The molecule has 0 saturated heterocycles. The van der Waals surface area contributed by atoms with Crippen molar-refractivity contribution in [2.75, 3.05) is 5.73 Å². The zero-order valence-electron chi connectivity index (χ0n) is 13.9. The molecule has 0 aliphatic heterocycles. The second-order valence-electron chi connectivity index (χ2n) is 5.67. The molecule has 3 rings (SSSR count). The molecule has 0 aliphatic rings. The predicted molar refractivity (Wildman–Crippen MR) is 107 cm³/mol. The molecule has 0 aromatic heterocycles. The minimum atomic E-state index is -4.87. The second-order valence-corrected chi connectivity index (χ2v) is 8.45. The maximum absolute atomic E-state index is 11.8. The van der Waals surface area contributed by atoms with Crippen LogP contribution in [0.25, 0.3) is 10.8 Å². The standard InChI is InChI=1S/C16H13N3O7S2.Na.H/c17-12-8-11-9(6-13(12)27(21,22)23)7-14(28(24,25)26)15(16(11)20)19-18-10-4-2-1-3-5-10;;/h1-8,20H,17H2,(H,21,22,23)(H,24,25,26);;. The molecule has 0 bridgehead atoms. The Hall–Kier alpha value is -2.06. The van der Waals surface area contributed by atoms with Crippen LogP contribution in [0.4, 0.5) is 17.1 Å². The van der Waals surface area contributed by atoms with Gasteiger partial charge in [-0.1, -0.05) is 18.2 Å². The SMILES string of the molecule is Nc1cc2c(O)c(N=Nc3ccccc3)c(S(=O)(=O)O)cc2cc1S(=O)(=O)O.[NaH]. The number of hydrogen-bond acceptors (Lipinski definition) is 8. The zero-order valence-corrected chi connectivity index (χ0v) is 15.5. The van der Waals surface area contributed by atoms with Gasteiger partial charge >= 0.3 is 29.6 Å². The number of anilines is 1. The number of phenolic OH excluding ortho intramolecular Hbond substituents is 1. The number of nitrogens with two attached hydrogens (primary N) is 1. The molecule has 0 heterocycles. The Labute approximate surface area is 187 Å². The van der Waals surface area contributed by atoms with E-state index in [4.69, 9.17) is 5.73 Å². The van der Waals surface area contributed by atoms with E-state index >= 15 is 0 Å². The van der Waals surface area contributed by atoms with Crippen molar-refractivity contribution in [3.63, 3.8) is 0 Å². The maximum atomic E-state index is 11.8. The number of benzene rings is 3. The average Bonchev–Trinajstić information content (AvgIpc) is 2.60. The molecule has 3 aromatic carbocycles. The topological polar surface area (TPSA) is 180 Å². The van der Waals surface area contributed by atoms with Crippen molar-refractivity contribution >= 4 is 77.6 Å². The fourth-order valence-corrected chi connectivity index (χ4v) is 3.80. The summed E-state index contributed by atoms with van der Waals surface area (Å²) in [7, 11) is -9.57. The summed E-state index contributed by atoms with van der Waals surface area (Å²) in [5, 5.41) is 17.9. The van der Waals surface area contributed by atoms with Crippen molar-refractivity contribution in [3.8, 4) is 5.75 Å². The Morgan fingerprint density at radius 3 is 1.93 bits per heavy atom.